The molecule has 0 saturated carbocycles. The van der Waals surface area contributed by atoms with Gasteiger partial charge in [0.2, 0.25) is 0 Å². The molecule has 1 atom stereocenters. The lowest BCUT2D eigenvalue weighted by Gasteiger charge is -2.28. The van der Waals surface area contributed by atoms with E-state index in [1.54, 1.807) is 0 Å². The van der Waals surface area contributed by atoms with E-state index in [0.717, 1.165) is 29.0 Å². The van der Waals surface area contributed by atoms with Crippen LogP contribution in [0.25, 0.3) is 0 Å². The average molecular weight is 263 g/mol. The number of nitrogen functional groups attached to an aromatic ring is 1. The predicted molar refractivity (Wildman–Crippen MR) is 78.6 cm³/mol. The van der Waals surface area contributed by atoms with Gasteiger partial charge in [-0.25, -0.2) is 0 Å². The molecule has 2 N–H and O–H groups in total. The molecule has 1 unspecified atom stereocenters. The van der Waals surface area contributed by atoms with Gasteiger partial charge in [0, 0.05) is 12.1 Å². The average Bonchev–Trinajstić information content (AvgIpc) is 2.43. The van der Waals surface area contributed by atoms with Crippen molar-refractivity contribution in [2.45, 2.75) is 65.3 Å². The van der Waals surface area contributed by atoms with Crippen molar-refractivity contribution in [2.24, 2.45) is 0 Å². The van der Waals surface area contributed by atoms with Gasteiger partial charge in [0.05, 0.1) is 5.60 Å². The van der Waals surface area contributed by atoms with E-state index >= 15 is 0 Å². The molecule has 0 aromatic heterocycles. The maximum absolute atomic E-state index is 6.21. The Morgan fingerprint density at radius 2 is 1.79 bits per heavy atom. The van der Waals surface area contributed by atoms with Crippen LogP contribution in [0.2, 0.25) is 0 Å². The summed E-state index contributed by atoms with van der Waals surface area (Å²) in [5, 5.41) is 0. The molecule has 1 heterocycles. The van der Waals surface area contributed by atoms with Gasteiger partial charge >= 0.3 is 0 Å². The van der Waals surface area contributed by atoms with E-state index in [1.165, 1.54) is 0 Å². The zero-order valence-corrected chi connectivity index (χ0v) is 12.8. The van der Waals surface area contributed by atoms with E-state index in [4.69, 9.17) is 15.2 Å². The molecule has 106 valence electrons. The second-order valence-electron chi connectivity index (χ2n) is 6.75. The molecule has 0 aliphatic carbocycles. The summed E-state index contributed by atoms with van der Waals surface area (Å²) in [5.41, 5.74) is 8.44. The summed E-state index contributed by atoms with van der Waals surface area (Å²) in [5.74, 6) is 0.908. The lowest BCUT2D eigenvalue weighted by atomic mass is 9.97. The van der Waals surface area contributed by atoms with E-state index in [0.29, 0.717) is 0 Å². The van der Waals surface area contributed by atoms with Crippen LogP contribution < -0.4 is 10.5 Å². The topological polar surface area (TPSA) is 44.5 Å². The molecule has 1 aliphatic heterocycles. The van der Waals surface area contributed by atoms with Gasteiger partial charge in [-0.2, -0.15) is 0 Å². The second-order valence-corrected chi connectivity index (χ2v) is 6.75. The highest BCUT2D eigenvalue weighted by atomic mass is 16.6. The van der Waals surface area contributed by atoms with Crippen molar-refractivity contribution in [3.8, 4) is 5.75 Å². The molecular formula is C16H25NO2. The number of anilines is 1. The molecule has 1 aromatic carbocycles. The summed E-state index contributed by atoms with van der Waals surface area (Å²) in [7, 11) is 0. The van der Waals surface area contributed by atoms with Crippen molar-refractivity contribution in [3.05, 3.63) is 23.3 Å². The largest absolute Gasteiger partial charge is 0.487 e. The minimum Gasteiger partial charge on any atom is -0.487 e. The molecule has 0 radical (unpaired) electrons. The lowest BCUT2D eigenvalue weighted by Crippen LogP contribution is -2.36. The molecule has 1 saturated heterocycles. The summed E-state index contributed by atoms with van der Waals surface area (Å²) < 4.78 is 12.3. The first kappa shape index (κ1) is 14.2. The molecule has 1 aromatic rings. The smallest absolute Gasteiger partial charge is 0.130 e. The molecule has 0 bridgehead atoms. The fraction of sp³-hybridized carbons (Fsp3) is 0.625. The molecule has 3 heteroatoms. The highest BCUT2D eigenvalue weighted by Gasteiger charge is 2.47. The lowest BCUT2D eigenvalue weighted by molar-refractivity contribution is -0.0846. The third-order valence-electron chi connectivity index (χ3n) is 3.82. The Morgan fingerprint density at radius 1 is 1.16 bits per heavy atom. The van der Waals surface area contributed by atoms with Crippen LogP contribution in [-0.4, -0.2) is 17.3 Å². The van der Waals surface area contributed by atoms with E-state index in [2.05, 4.69) is 27.7 Å². The van der Waals surface area contributed by atoms with Crippen molar-refractivity contribution in [1.82, 2.24) is 0 Å². The number of rotatable bonds is 2. The van der Waals surface area contributed by atoms with Gasteiger partial charge in [0.25, 0.3) is 0 Å². The third kappa shape index (κ3) is 2.86. The van der Waals surface area contributed by atoms with Gasteiger partial charge in [0.1, 0.15) is 17.5 Å². The highest BCUT2D eigenvalue weighted by molar-refractivity contribution is 5.53. The second kappa shape index (κ2) is 4.41. The fourth-order valence-corrected chi connectivity index (χ4v) is 2.79. The van der Waals surface area contributed by atoms with E-state index < -0.39 is 0 Å². The first-order valence-corrected chi connectivity index (χ1v) is 6.84. The Kier molecular flexibility index (Phi) is 3.29. The van der Waals surface area contributed by atoms with Gasteiger partial charge in [-0.05, 0) is 64.8 Å². The van der Waals surface area contributed by atoms with Crippen molar-refractivity contribution < 1.29 is 9.47 Å². The number of ether oxygens (including phenoxy) is 2. The van der Waals surface area contributed by atoms with Crippen LogP contribution in [0.5, 0.6) is 5.75 Å². The van der Waals surface area contributed by atoms with Crippen molar-refractivity contribution in [3.63, 3.8) is 0 Å². The van der Waals surface area contributed by atoms with E-state index in [-0.39, 0.29) is 17.3 Å². The Morgan fingerprint density at radius 3 is 2.32 bits per heavy atom. The van der Waals surface area contributed by atoms with Crippen LogP contribution in [-0.2, 0) is 4.74 Å². The zero-order chi connectivity index (χ0) is 14.4. The molecule has 1 fully saturated rings. The Balaban J connectivity index is 2.25. The van der Waals surface area contributed by atoms with Crippen LogP contribution in [0.3, 0.4) is 0 Å². The van der Waals surface area contributed by atoms with Crippen molar-refractivity contribution in [2.75, 3.05) is 5.73 Å². The molecule has 0 amide bonds. The zero-order valence-electron chi connectivity index (χ0n) is 12.8. The van der Waals surface area contributed by atoms with E-state index in [9.17, 15) is 0 Å². The molecule has 1 aliphatic rings. The van der Waals surface area contributed by atoms with Crippen LogP contribution in [0, 0.1) is 13.8 Å². The van der Waals surface area contributed by atoms with Gasteiger partial charge in [-0.3, -0.25) is 0 Å². The van der Waals surface area contributed by atoms with Gasteiger partial charge < -0.3 is 15.2 Å². The third-order valence-corrected chi connectivity index (χ3v) is 3.82. The quantitative estimate of drug-likeness (QED) is 0.829. The molecule has 0 spiro atoms. The van der Waals surface area contributed by atoms with Crippen LogP contribution in [0.15, 0.2) is 12.1 Å². The number of hydrogen-bond acceptors (Lipinski definition) is 3. The standard InChI is InChI=1S/C16H25NO2/c1-10-8-13(11(2)7-12(10)17)18-14-9-15(3,4)19-16(14,5)6/h7-8,14H,9,17H2,1-6H3. The molecule has 3 nitrogen and oxygen atoms in total. The molecular weight excluding hydrogens is 238 g/mol. The van der Waals surface area contributed by atoms with Gasteiger partial charge in [0.15, 0.2) is 0 Å². The minimum atomic E-state index is -0.273. The normalized spacial score (nSPS) is 24.4. The first-order valence-electron chi connectivity index (χ1n) is 6.84. The van der Waals surface area contributed by atoms with Crippen molar-refractivity contribution >= 4 is 5.69 Å². The minimum absolute atomic E-state index is 0.0595. The number of aryl methyl sites for hydroxylation is 2. The Hall–Kier alpha value is -1.22. The van der Waals surface area contributed by atoms with Crippen molar-refractivity contribution in [1.29, 1.82) is 0 Å². The SMILES string of the molecule is Cc1cc(OC2CC(C)(C)OC2(C)C)c(C)cc1N. The Bertz CT molecular complexity index is 492. The van der Waals surface area contributed by atoms with Crippen LogP contribution in [0.4, 0.5) is 5.69 Å². The highest BCUT2D eigenvalue weighted by Crippen LogP contribution is 2.40. The summed E-state index contributed by atoms with van der Waals surface area (Å²) in [6.07, 6.45) is 0.951. The first-order chi connectivity index (χ1) is 8.61. The molecule has 2 rings (SSSR count). The van der Waals surface area contributed by atoms with E-state index in [1.807, 2.05) is 26.0 Å². The fourth-order valence-electron chi connectivity index (χ4n) is 2.79. The van der Waals surface area contributed by atoms with Gasteiger partial charge in [-0.15, -0.1) is 0 Å². The number of hydrogen-bond donors (Lipinski definition) is 1. The summed E-state index contributed by atoms with van der Waals surface area (Å²) in [6, 6.07) is 3.99. The monoisotopic (exact) mass is 263 g/mol. The summed E-state index contributed by atoms with van der Waals surface area (Å²) in [6.45, 7) is 12.4. The predicted octanol–water partition coefficient (Wildman–Crippen LogP) is 3.61. The maximum atomic E-state index is 6.21. The molecule has 19 heavy (non-hydrogen) atoms. The number of nitrogens with two attached hydrogens (primary N) is 1. The summed E-state index contributed by atoms with van der Waals surface area (Å²) in [4.78, 5) is 0. The van der Waals surface area contributed by atoms with Gasteiger partial charge in [-0.1, -0.05) is 0 Å². The summed E-state index contributed by atoms with van der Waals surface area (Å²) >= 11 is 0. The number of benzene rings is 1. The van der Waals surface area contributed by atoms with Crippen LogP contribution >= 0.6 is 0 Å². The Labute approximate surface area is 116 Å². The van der Waals surface area contributed by atoms with Crippen LogP contribution in [0.1, 0.15) is 45.2 Å². The maximum Gasteiger partial charge on any atom is 0.130 e.